The first-order valence-corrected chi connectivity index (χ1v) is 4.43. The van der Waals surface area contributed by atoms with E-state index in [0.717, 1.165) is 13.8 Å². The van der Waals surface area contributed by atoms with Gasteiger partial charge in [-0.15, -0.1) is 0 Å². The summed E-state index contributed by atoms with van der Waals surface area (Å²) in [5.41, 5.74) is -2.43. The maximum absolute atomic E-state index is 12.8. The number of Topliss-reactive ketones (excluding diaryl/α,β-unsaturated/α-hetero) is 1. The highest BCUT2D eigenvalue weighted by Gasteiger charge is 2.55. The highest BCUT2D eigenvalue weighted by atomic mass is 19.4. The lowest BCUT2D eigenvalue weighted by atomic mass is 9.78. The van der Waals surface area contributed by atoms with Gasteiger partial charge < -0.3 is 0 Å². The van der Waals surface area contributed by atoms with Crippen LogP contribution < -0.4 is 0 Å². The third kappa shape index (κ3) is 1.89. The number of alkyl halides is 3. The predicted octanol–water partition coefficient (Wildman–Crippen LogP) is 3.10. The lowest BCUT2D eigenvalue weighted by Gasteiger charge is -2.29. The molecule has 0 bridgehead atoms. The molecule has 0 spiro atoms. The first-order valence-electron chi connectivity index (χ1n) is 4.43. The number of rotatable bonds is 2. The summed E-state index contributed by atoms with van der Waals surface area (Å²) in [6.07, 6.45) is -4.57. The van der Waals surface area contributed by atoms with Gasteiger partial charge in [0.2, 0.25) is 0 Å². The highest BCUT2D eigenvalue weighted by Crippen LogP contribution is 2.41. The minimum absolute atomic E-state index is 0.0231. The van der Waals surface area contributed by atoms with E-state index in [2.05, 4.69) is 0 Å². The highest BCUT2D eigenvalue weighted by molar-refractivity contribution is 5.88. The first kappa shape index (κ1) is 11.8. The quantitative estimate of drug-likeness (QED) is 0.742. The van der Waals surface area contributed by atoms with E-state index in [-0.39, 0.29) is 5.56 Å². The summed E-state index contributed by atoms with van der Waals surface area (Å²) in [4.78, 5) is 11.2. The normalized spacial score (nSPS) is 15.8. The van der Waals surface area contributed by atoms with Gasteiger partial charge in [0.05, 0.1) is 0 Å². The minimum Gasteiger partial charge on any atom is -0.299 e. The third-order valence-electron chi connectivity index (χ3n) is 2.62. The van der Waals surface area contributed by atoms with E-state index in [9.17, 15) is 18.0 Å². The molecule has 0 heterocycles. The summed E-state index contributed by atoms with van der Waals surface area (Å²) < 4.78 is 38.5. The number of ketones is 1. The molecule has 82 valence electrons. The van der Waals surface area contributed by atoms with Gasteiger partial charge in [0.15, 0.2) is 0 Å². The molecular formula is C11H11F3O. The number of carbonyl (C=O) groups excluding carboxylic acids is 1. The Kier molecular flexibility index (Phi) is 2.88. The Labute approximate surface area is 85.9 Å². The van der Waals surface area contributed by atoms with E-state index in [1.807, 2.05) is 0 Å². The summed E-state index contributed by atoms with van der Waals surface area (Å²) in [7, 11) is 0. The van der Waals surface area contributed by atoms with Gasteiger partial charge >= 0.3 is 6.18 Å². The molecule has 0 fully saturated rings. The SMILES string of the molecule is CC(=O)[C@](C)(c1ccccc1)C(F)(F)F. The van der Waals surface area contributed by atoms with Gasteiger partial charge in [0, 0.05) is 0 Å². The fraction of sp³-hybridized carbons (Fsp3) is 0.364. The Balaban J connectivity index is 3.32. The van der Waals surface area contributed by atoms with Gasteiger partial charge in [-0.1, -0.05) is 30.3 Å². The van der Waals surface area contributed by atoms with Crippen molar-refractivity contribution in [2.24, 2.45) is 0 Å². The number of carbonyl (C=O) groups is 1. The zero-order valence-corrected chi connectivity index (χ0v) is 8.43. The molecule has 1 nitrogen and oxygen atoms in total. The van der Waals surface area contributed by atoms with Gasteiger partial charge in [-0.25, -0.2) is 0 Å². The van der Waals surface area contributed by atoms with Crippen molar-refractivity contribution in [2.75, 3.05) is 0 Å². The molecule has 15 heavy (non-hydrogen) atoms. The summed E-state index contributed by atoms with van der Waals surface area (Å²) in [5.74, 6) is -0.902. The second-order valence-corrected chi connectivity index (χ2v) is 3.54. The molecule has 1 atom stereocenters. The van der Waals surface area contributed by atoms with Gasteiger partial charge in [-0.05, 0) is 19.4 Å². The number of hydrogen-bond acceptors (Lipinski definition) is 1. The molecule has 0 saturated heterocycles. The fourth-order valence-corrected chi connectivity index (χ4v) is 1.34. The van der Waals surface area contributed by atoms with Crippen molar-refractivity contribution in [3.8, 4) is 0 Å². The van der Waals surface area contributed by atoms with Crippen LogP contribution in [0.15, 0.2) is 30.3 Å². The van der Waals surface area contributed by atoms with Crippen LogP contribution in [0.25, 0.3) is 0 Å². The molecule has 1 aromatic carbocycles. The van der Waals surface area contributed by atoms with Crippen LogP contribution in [0.1, 0.15) is 19.4 Å². The van der Waals surface area contributed by atoms with E-state index in [1.54, 1.807) is 6.07 Å². The molecule has 1 aromatic rings. The van der Waals surface area contributed by atoms with Gasteiger partial charge in [-0.3, -0.25) is 4.79 Å². The van der Waals surface area contributed by atoms with Crippen molar-refractivity contribution in [3.05, 3.63) is 35.9 Å². The molecule has 0 amide bonds. The van der Waals surface area contributed by atoms with Crippen LogP contribution in [-0.4, -0.2) is 12.0 Å². The van der Waals surface area contributed by atoms with Crippen LogP contribution in [0.4, 0.5) is 13.2 Å². The molecule has 0 aromatic heterocycles. The van der Waals surface area contributed by atoms with Crippen LogP contribution in [0.5, 0.6) is 0 Å². The van der Waals surface area contributed by atoms with Crippen LogP contribution in [0, 0.1) is 0 Å². The average Bonchev–Trinajstić information content (AvgIpc) is 2.16. The molecule has 0 N–H and O–H groups in total. The molecule has 0 saturated carbocycles. The zero-order valence-electron chi connectivity index (χ0n) is 8.43. The maximum atomic E-state index is 12.8. The molecule has 4 heteroatoms. The van der Waals surface area contributed by atoms with Crippen molar-refractivity contribution >= 4 is 5.78 Å². The van der Waals surface area contributed by atoms with E-state index >= 15 is 0 Å². The molecular weight excluding hydrogens is 205 g/mol. The van der Waals surface area contributed by atoms with Crippen molar-refractivity contribution in [2.45, 2.75) is 25.4 Å². The fourth-order valence-electron chi connectivity index (χ4n) is 1.34. The predicted molar refractivity (Wildman–Crippen MR) is 50.5 cm³/mol. The van der Waals surface area contributed by atoms with Crippen molar-refractivity contribution in [1.29, 1.82) is 0 Å². The molecule has 0 radical (unpaired) electrons. The molecule has 1 rings (SSSR count). The van der Waals surface area contributed by atoms with E-state index in [0.29, 0.717) is 0 Å². The zero-order chi connectivity index (χ0) is 11.7. The number of hydrogen-bond donors (Lipinski definition) is 0. The average molecular weight is 216 g/mol. The molecule has 0 aliphatic heterocycles. The maximum Gasteiger partial charge on any atom is 0.404 e. The number of benzene rings is 1. The lowest BCUT2D eigenvalue weighted by molar-refractivity contribution is -0.188. The first-order chi connectivity index (χ1) is 6.80. The Hall–Kier alpha value is -1.32. The van der Waals surface area contributed by atoms with Gasteiger partial charge in [0.1, 0.15) is 11.2 Å². The third-order valence-corrected chi connectivity index (χ3v) is 2.62. The lowest BCUT2D eigenvalue weighted by Crippen LogP contribution is -2.45. The monoisotopic (exact) mass is 216 g/mol. The van der Waals surface area contributed by atoms with Gasteiger partial charge in [-0.2, -0.15) is 13.2 Å². The van der Waals surface area contributed by atoms with Crippen molar-refractivity contribution < 1.29 is 18.0 Å². The smallest absolute Gasteiger partial charge is 0.299 e. The van der Waals surface area contributed by atoms with Crippen LogP contribution >= 0.6 is 0 Å². The Morgan fingerprint density at radius 3 is 1.93 bits per heavy atom. The molecule has 0 unspecified atom stereocenters. The molecule has 0 aliphatic rings. The van der Waals surface area contributed by atoms with Crippen LogP contribution in [0.3, 0.4) is 0 Å². The van der Waals surface area contributed by atoms with Gasteiger partial charge in [0.25, 0.3) is 0 Å². The summed E-state index contributed by atoms with van der Waals surface area (Å²) in [6.45, 7) is 1.87. The van der Waals surface area contributed by atoms with Crippen LogP contribution in [0.2, 0.25) is 0 Å². The van der Waals surface area contributed by atoms with E-state index in [1.165, 1.54) is 24.3 Å². The Bertz CT molecular complexity index is 356. The summed E-state index contributed by atoms with van der Waals surface area (Å²) in [6, 6.07) is 7.22. The Morgan fingerprint density at radius 2 is 1.60 bits per heavy atom. The second-order valence-electron chi connectivity index (χ2n) is 3.54. The number of halogens is 3. The Morgan fingerprint density at radius 1 is 1.13 bits per heavy atom. The topological polar surface area (TPSA) is 17.1 Å². The van der Waals surface area contributed by atoms with E-state index in [4.69, 9.17) is 0 Å². The summed E-state index contributed by atoms with van der Waals surface area (Å²) in [5, 5.41) is 0. The molecule has 0 aliphatic carbocycles. The second kappa shape index (κ2) is 3.68. The standard InChI is InChI=1S/C11H11F3O/c1-8(15)10(2,11(12,13)14)9-6-4-3-5-7-9/h3-7H,1-2H3/t10-/m1/s1. The van der Waals surface area contributed by atoms with E-state index < -0.39 is 17.4 Å². The largest absolute Gasteiger partial charge is 0.404 e. The van der Waals surface area contributed by atoms with Crippen molar-refractivity contribution in [3.63, 3.8) is 0 Å². The minimum atomic E-state index is -4.57. The van der Waals surface area contributed by atoms with Crippen molar-refractivity contribution in [1.82, 2.24) is 0 Å². The van der Waals surface area contributed by atoms with Crippen LogP contribution in [-0.2, 0) is 10.2 Å². The summed E-state index contributed by atoms with van der Waals surface area (Å²) >= 11 is 0.